The highest BCUT2D eigenvalue weighted by atomic mass is 16.5. The van der Waals surface area contributed by atoms with Crippen molar-refractivity contribution >= 4 is 5.82 Å². The molecule has 0 unspecified atom stereocenters. The lowest BCUT2D eigenvalue weighted by Crippen LogP contribution is -2.23. The molecule has 72 valence electrons. The van der Waals surface area contributed by atoms with Gasteiger partial charge in [-0.1, -0.05) is 0 Å². The molecule has 3 N–H and O–H groups in total. The monoisotopic (exact) mass is 182 g/mol. The van der Waals surface area contributed by atoms with Crippen molar-refractivity contribution in [2.75, 3.05) is 5.43 Å². The molecule has 5 nitrogen and oxygen atoms in total. The molecule has 0 atom stereocenters. The topological polar surface area (TPSA) is 73.1 Å². The number of nitrogen functional groups attached to an aromatic ring is 1. The lowest BCUT2D eigenvalue weighted by Gasteiger charge is -2.20. The third kappa shape index (κ3) is 3.25. The zero-order valence-electron chi connectivity index (χ0n) is 8.03. The van der Waals surface area contributed by atoms with E-state index in [2.05, 4.69) is 15.4 Å². The molecule has 0 spiro atoms. The molecule has 1 rings (SSSR count). The summed E-state index contributed by atoms with van der Waals surface area (Å²) < 4.78 is 5.50. The number of rotatable bonds is 2. The molecule has 0 amide bonds. The zero-order valence-corrected chi connectivity index (χ0v) is 8.03. The maximum Gasteiger partial charge on any atom is 0.219 e. The summed E-state index contributed by atoms with van der Waals surface area (Å²) in [5.41, 5.74) is 2.16. The van der Waals surface area contributed by atoms with Crippen LogP contribution in [0.4, 0.5) is 5.82 Å². The number of nitrogens with zero attached hydrogens (tertiary/aromatic N) is 2. The summed E-state index contributed by atoms with van der Waals surface area (Å²) in [5, 5.41) is 0. The highest BCUT2D eigenvalue weighted by Gasteiger charge is 2.12. The molecule has 13 heavy (non-hydrogen) atoms. The first-order valence-electron chi connectivity index (χ1n) is 3.99. The molecule has 1 aromatic rings. The second kappa shape index (κ2) is 3.57. The van der Waals surface area contributed by atoms with Crippen molar-refractivity contribution in [3.05, 3.63) is 12.4 Å². The molecular weight excluding hydrogens is 168 g/mol. The Hall–Kier alpha value is -1.36. The highest BCUT2D eigenvalue weighted by Crippen LogP contribution is 2.16. The lowest BCUT2D eigenvalue weighted by atomic mass is 10.2. The minimum atomic E-state index is -0.264. The van der Waals surface area contributed by atoms with Crippen LogP contribution in [-0.4, -0.2) is 15.6 Å². The molecule has 0 aliphatic heterocycles. The van der Waals surface area contributed by atoms with Gasteiger partial charge in [0.15, 0.2) is 0 Å². The van der Waals surface area contributed by atoms with Gasteiger partial charge >= 0.3 is 0 Å². The van der Waals surface area contributed by atoms with Gasteiger partial charge in [-0.15, -0.1) is 0 Å². The molecule has 5 heteroatoms. The fourth-order valence-corrected chi connectivity index (χ4v) is 0.788. The standard InChI is InChI=1S/C8H14N4O/c1-8(2,3)13-7-4-6(12-9)10-5-11-7/h4-5H,9H2,1-3H3,(H,10,11,12). The van der Waals surface area contributed by atoms with Crippen molar-refractivity contribution in [2.45, 2.75) is 26.4 Å². The van der Waals surface area contributed by atoms with Crippen LogP contribution in [0.2, 0.25) is 0 Å². The first-order valence-corrected chi connectivity index (χ1v) is 3.99. The Kier molecular flexibility index (Phi) is 2.67. The number of hydrogen-bond donors (Lipinski definition) is 2. The van der Waals surface area contributed by atoms with Crippen LogP contribution >= 0.6 is 0 Å². The largest absolute Gasteiger partial charge is 0.472 e. The summed E-state index contributed by atoms with van der Waals surface area (Å²) in [6, 6.07) is 1.64. The smallest absolute Gasteiger partial charge is 0.219 e. The molecule has 0 saturated carbocycles. The van der Waals surface area contributed by atoms with E-state index in [4.69, 9.17) is 10.6 Å². The van der Waals surface area contributed by atoms with Crippen LogP contribution in [0.15, 0.2) is 12.4 Å². The van der Waals surface area contributed by atoms with Crippen molar-refractivity contribution in [2.24, 2.45) is 5.84 Å². The van der Waals surface area contributed by atoms with E-state index in [9.17, 15) is 0 Å². The summed E-state index contributed by atoms with van der Waals surface area (Å²) in [5.74, 6) is 6.23. The average Bonchev–Trinajstić information content (AvgIpc) is 2.01. The number of hydrazine groups is 1. The van der Waals surface area contributed by atoms with Crippen molar-refractivity contribution in [1.82, 2.24) is 9.97 Å². The fraction of sp³-hybridized carbons (Fsp3) is 0.500. The van der Waals surface area contributed by atoms with E-state index in [1.165, 1.54) is 6.33 Å². The summed E-state index contributed by atoms with van der Waals surface area (Å²) >= 11 is 0. The van der Waals surface area contributed by atoms with Crippen LogP contribution in [0, 0.1) is 0 Å². The van der Waals surface area contributed by atoms with Gasteiger partial charge in [0, 0.05) is 6.07 Å². The third-order valence-corrected chi connectivity index (χ3v) is 1.20. The van der Waals surface area contributed by atoms with E-state index >= 15 is 0 Å². The van der Waals surface area contributed by atoms with Crippen molar-refractivity contribution in [3.8, 4) is 5.88 Å². The zero-order chi connectivity index (χ0) is 9.90. The minimum absolute atomic E-state index is 0.264. The molecule has 0 saturated heterocycles. The van der Waals surface area contributed by atoms with E-state index in [-0.39, 0.29) is 5.60 Å². The predicted octanol–water partition coefficient (Wildman–Crippen LogP) is 0.940. The van der Waals surface area contributed by atoms with Gasteiger partial charge < -0.3 is 10.2 Å². The Bertz CT molecular complexity index is 282. The van der Waals surface area contributed by atoms with Crippen molar-refractivity contribution in [1.29, 1.82) is 0 Å². The quantitative estimate of drug-likeness (QED) is 0.526. The average molecular weight is 182 g/mol. The number of anilines is 1. The van der Waals surface area contributed by atoms with Gasteiger partial charge in [0.05, 0.1) is 0 Å². The Morgan fingerprint density at radius 3 is 2.62 bits per heavy atom. The normalized spacial score (nSPS) is 11.1. The van der Waals surface area contributed by atoms with E-state index in [1.54, 1.807) is 6.07 Å². The van der Waals surface area contributed by atoms with Gasteiger partial charge in [-0.2, -0.15) is 0 Å². The summed E-state index contributed by atoms with van der Waals surface area (Å²) in [4.78, 5) is 7.80. The number of nitrogens with one attached hydrogen (secondary N) is 1. The van der Waals surface area contributed by atoms with E-state index < -0.39 is 0 Å². The summed E-state index contributed by atoms with van der Waals surface area (Å²) in [7, 11) is 0. The maximum absolute atomic E-state index is 5.50. The van der Waals surface area contributed by atoms with E-state index in [0.29, 0.717) is 11.7 Å². The Morgan fingerprint density at radius 2 is 2.08 bits per heavy atom. The Balaban J connectivity index is 2.78. The molecule has 0 aliphatic rings. The SMILES string of the molecule is CC(C)(C)Oc1cc(NN)ncn1. The lowest BCUT2D eigenvalue weighted by molar-refractivity contribution is 0.124. The van der Waals surface area contributed by atoms with Crippen LogP contribution < -0.4 is 16.0 Å². The first-order chi connectivity index (χ1) is 6.01. The number of ether oxygens (including phenoxy) is 1. The van der Waals surface area contributed by atoms with Gasteiger partial charge in [-0.25, -0.2) is 15.8 Å². The summed E-state index contributed by atoms with van der Waals surface area (Å²) in [6.07, 6.45) is 1.40. The second-order valence-corrected chi connectivity index (χ2v) is 3.60. The molecule has 0 aromatic carbocycles. The fourth-order valence-electron chi connectivity index (χ4n) is 0.788. The minimum Gasteiger partial charge on any atom is -0.472 e. The highest BCUT2D eigenvalue weighted by molar-refractivity contribution is 5.35. The van der Waals surface area contributed by atoms with Gasteiger partial charge in [-0.3, -0.25) is 0 Å². The Morgan fingerprint density at radius 1 is 1.38 bits per heavy atom. The van der Waals surface area contributed by atoms with Gasteiger partial charge in [0.1, 0.15) is 17.7 Å². The van der Waals surface area contributed by atoms with E-state index in [1.807, 2.05) is 20.8 Å². The second-order valence-electron chi connectivity index (χ2n) is 3.60. The molecule has 0 bridgehead atoms. The van der Waals surface area contributed by atoms with E-state index in [0.717, 1.165) is 0 Å². The van der Waals surface area contributed by atoms with Crippen LogP contribution in [0.3, 0.4) is 0 Å². The van der Waals surface area contributed by atoms with Crippen molar-refractivity contribution in [3.63, 3.8) is 0 Å². The number of nitrogens with two attached hydrogens (primary N) is 1. The van der Waals surface area contributed by atoms with Crippen LogP contribution in [0.1, 0.15) is 20.8 Å². The molecule has 0 radical (unpaired) electrons. The van der Waals surface area contributed by atoms with Gasteiger partial charge in [-0.05, 0) is 20.8 Å². The molecule has 1 heterocycles. The third-order valence-electron chi connectivity index (χ3n) is 1.20. The maximum atomic E-state index is 5.50. The van der Waals surface area contributed by atoms with Crippen molar-refractivity contribution < 1.29 is 4.74 Å². The first kappa shape index (κ1) is 9.73. The van der Waals surface area contributed by atoms with Crippen LogP contribution in [-0.2, 0) is 0 Å². The molecule has 1 aromatic heterocycles. The van der Waals surface area contributed by atoms with Crippen LogP contribution in [0.25, 0.3) is 0 Å². The number of hydrogen-bond acceptors (Lipinski definition) is 5. The predicted molar refractivity (Wildman–Crippen MR) is 50.2 cm³/mol. The molecule has 0 aliphatic carbocycles. The van der Waals surface area contributed by atoms with Crippen LogP contribution in [0.5, 0.6) is 5.88 Å². The number of aromatic nitrogens is 2. The van der Waals surface area contributed by atoms with Gasteiger partial charge in [0.25, 0.3) is 0 Å². The Labute approximate surface area is 77.3 Å². The van der Waals surface area contributed by atoms with Gasteiger partial charge in [0.2, 0.25) is 5.88 Å². The molecule has 0 fully saturated rings. The summed E-state index contributed by atoms with van der Waals surface area (Å²) in [6.45, 7) is 5.85. The molecular formula is C8H14N4O.